The molecule has 0 bridgehead atoms. The van der Waals surface area contributed by atoms with Crippen LogP contribution in [0.3, 0.4) is 0 Å². The molecule has 6 nitrogen and oxygen atoms in total. The van der Waals surface area contributed by atoms with Crippen LogP contribution >= 0.6 is 0 Å². The van der Waals surface area contributed by atoms with E-state index in [-0.39, 0.29) is 12.1 Å². The number of carbonyl (C=O) groups is 2. The third-order valence-electron chi connectivity index (χ3n) is 8.60. The van der Waals surface area contributed by atoms with Gasteiger partial charge in [-0.1, -0.05) is 82.2 Å². The Labute approximate surface area is 240 Å². The van der Waals surface area contributed by atoms with Gasteiger partial charge in [0.1, 0.15) is 11.9 Å². The molecule has 40 heavy (non-hydrogen) atoms. The highest BCUT2D eigenvalue weighted by atomic mass is 16.5. The highest BCUT2D eigenvalue weighted by Gasteiger charge is 2.28. The van der Waals surface area contributed by atoms with Crippen molar-refractivity contribution in [2.75, 3.05) is 18.0 Å². The first-order chi connectivity index (χ1) is 19.4. The number of unbranched alkanes of at least 4 members (excludes halogenated alkanes) is 7. The lowest BCUT2D eigenvalue weighted by Crippen LogP contribution is -2.47. The van der Waals surface area contributed by atoms with Crippen molar-refractivity contribution in [3.05, 3.63) is 48.0 Å². The molecular weight excluding hydrogens is 500 g/mol. The minimum Gasteiger partial charge on any atom is -0.487 e. The van der Waals surface area contributed by atoms with E-state index in [0.29, 0.717) is 31.3 Å². The summed E-state index contributed by atoms with van der Waals surface area (Å²) in [5.74, 6) is 0.889. The van der Waals surface area contributed by atoms with E-state index in [1.54, 1.807) is 0 Å². The zero-order valence-electron chi connectivity index (χ0n) is 24.5. The van der Waals surface area contributed by atoms with E-state index in [0.717, 1.165) is 61.1 Å². The normalized spacial score (nSPS) is 20.4. The number of fused-ring (bicyclic) bond motifs is 1. The SMILES string of the molecule is CCCCCCCCCCNC(=O)N1CC(C)Oc2cc(-c3ccc(C4CCC(CC(=O)O)CC4)cc3)ccc21. The number of urea groups is 1. The number of hydrogen-bond acceptors (Lipinski definition) is 3. The Bertz CT molecular complexity index is 1090. The number of ether oxygens (including phenoxy) is 1. The zero-order valence-corrected chi connectivity index (χ0v) is 24.5. The molecular formula is C34H48N2O4. The number of aliphatic carboxylic acids is 1. The number of anilines is 1. The van der Waals surface area contributed by atoms with Gasteiger partial charge in [-0.15, -0.1) is 0 Å². The van der Waals surface area contributed by atoms with Crippen molar-refractivity contribution in [2.45, 2.75) is 109 Å². The number of nitrogens with zero attached hydrogens (tertiary/aromatic N) is 1. The summed E-state index contributed by atoms with van der Waals surface area (Å²) in [6.45, 7) is 5.50. The topological polar surface area (TPSA) is 78.9 Å². The van der Waals surface area contributed by atoms with Gasteiger partial charge in [0, 0.05) is 13.0 Å². The Balaban J connectivity index is 1.30. The zero-order chi connectivity index (χ0) is 28.3. The first kappa shape index (κ1) is 30.0. The van der Waals surface area contributed by atoms with Crippen LogP contribution in [0, 0.1) is 5.92 Å². The average molecular weight is 549 g/mol. The first-order valence-corrected chi connectivity index (χ1v) is 15.6. The number of amides is 2. The van der Waals surface area contributed by atoms with Crippen LogP contribution in [0.15, 0.2) is 42.5 Å². The second-order valence-corrected chi connectivity index (χ2v) is 11.9. The van der Waals surface area contributed by atoms with Gasteiger partial charge in [-0.2, -0.15) is 0 Å². The van der Waals surface area contributed by atoms with Gasteiger partial charge in [0.25, 0.3) is 0 Å². The van der Waals surface area contributed by atoms with Crippen molar-refractivity contribution in [1.82, 2.24) is 5.32 Å². The molecule has 2 amide bonds. The molecule has 1 atom stereocenters. The van der Waals surface area contributed by atoms with Crippen LogP contribution in [-0.4, -0.2) is 36.3 Å². The number of benzene rings is 2. The van der Waals surface area contributed by atoms with Gasteiger partial charge in [-0.25, -0.2) is 4.79 Å². The number of hydrogen-bond donors (Lipinski definition) is 2. The minimum atomic E-state index is -0.682. The lowest BCUT2D eigenvalue weighted by Gasteiger charge is -2.33. The van der Waals surface area contributed by atoms with E-state index in [1.807, 2.05) is 17.9 Å². The Morgan fingerprint density at radius 3 is 2.23 bits per heavy atom. The van der Waals surface area contributed by atoms with Crippen molar-refractivity contribution < 1.29 is 19.4 Å². The molecule has 0 aromatic heterocycles. The van der Waals surface area contributed by atoms with Gasteiger partial charge in [-0.3, -0.25) is 9.69 Å². The van der Waals surface area contributed by atoms with Crippen LogP contribution in [0.5, 0.6) is 5.75 Å². The van der Waals surface area contributed by atoms with Gasteiger partial charge < -0.3 is 15.2 Å². The predicted molar refractivity (Wildman–Crippen MR) is 162 cm³/mol. The van der Waals surface area contributed by atoms with E-state index >= 15 is 0 Å². The predicted octanol–water partition coefficient (Wildman–Crippen LogP) is 8.54. The Hall–Kier alpha value is -3.02. The summed E-state index contributed by atoms with van der Waals surface area (Å²) in [6, 6.07) is 14.8. The molecule has 4 rings (SSSR count). The molecule has 2 aliphatic rings. The summed E-state index contributed by atoms with van der Waals surface area (Å²) in [5, 5.41) is 12.2. The van der Waals surface area contributed by atoms with E-state index in [9.17, 15) is 9.59 Å². The van der Waals surface area contributed by atoms with Crippen LogP contribution in [0.4, 0.5) is 10.5 Å². The average Bonchev–Trinajstić information content (AvgIpc) is 2.95. The molecule has 218 valence electrons. The summed E-state index contributed by atoms with van der Waals surface area (Å²) < 4.78 is 6.17. The van der Waals surface area contributed by atoms with Crippen molar-refractivity contribution in [1.29, 1.82) is 0 Å². The lowest BCUT2D eigenvalue weighted by atomic mass is 9.77. The third-order valence-corrected chi connectivity index (χ3v) is 8.60. The standard InChI is InChI=1S/C34H48N2O4/c1-3-4-5-6-7-8-9-10-21-35-34(39)36-24-25(2)40-32-23-30(19-20-31(32)36)29-17-15-28(16-18-29)27-13-11-26(12-14-27)22-33(37)38/h15-20,23,25-27H,3-14,21-22,24H2,1-2H3,(H,35,39)(H,37,38). The number of carboxylic acid groups (broad SMARTS) is 1. The van der Waals surface area contributed by atoms with Crippen LogP contribution in [0.25, 0.3) is 11.1 Å². The molecule has 0 radical (unpaired) electrons. The van der Waals surface area contributed by atoms with E-state index < -0.39 is 5.97 Å². The van der Waals surface area contributed by atoms with Crippen LogP contribution < -0.4 is 15.0 Å². The fourth-order valence-electron chi connectivity index (χ4n) is 6.26. The minimum absolute atomic E-state index is 0.0467. The molecule has 1 heterocycles. The smallest absolute Gasteiger partial charge is 0.322 e. The summed E-state index contributed by atoms with van der Waals surface area (Å²) in [7, 11) is 0. The Morgan fingerprint density at radius 1 is 0.900 bits per heavy atom. The maximum absolute atomic E-state index is 13.1. The number of nitrogens with one attached hydrogen (secondary N) is 1. The highest BCUT2D eigenvalue weighted by Crippen LogP contribution is 2.39. The summed E-state index contributed by atoms with van der Waals surface area (Å²) in [5.41, 5.74) is 4.35. The maximum atomic E-state index is 13.1. The molecule has 2 N–H and O–H groups in total. The van der Waals surface area contributed by atoms with Crippen LogP contribution in [-0.2, 0) is 4.79 Å². The lowest BCUT2D eigenvalue weighted by molar-refractivity contribution is -0.138. The molecule has 0 saturated heterocycles. The van der Waals surface area contributed by atoms with Crippen molar-refractivity contribution >= 4 is 17.7 Å². The molecule has 1 aliphatic carbocycles. The fraction of sp³-hybridized carbons (Fsp3) is 0.588. The molecule has 0 spiro atoms. The van der Waals surface area contributed by atoms with Crippen molar-refractivity contribution in [3.63, 3.8) is 0 Å². The van der Waals surface area contributed by atoms with Gasteiger partial charge in [0.15, 0.2) is 0 Å². The molecule has 1 aliphatic heterocycles. The number of rotatable bonds is 13. The van der Waals surface area contributed by atoms with Gasteiger partial charge in [-0.05, 0) is 79.7 Å². The Morgan fingerprint density at radius 2 is 1.55 bits per heavy atom. The maximum Gasteiger partial charge on any atom is 0.322 e. The van der Waals surface area contributed by atoms with E-state index in [2.05, 4.69) is 48.6 Å². The monoisotopic (exact) mass is 548 g/mol. The first-order valence-electron chi connectivity index (χ1n) is 15.6. The number of carboxylic acids is 1. The van der Waals surface area contributed by atoms with Crippen molar-refractivity contribution in [3.8, 4) is 16.9 Å². The molecule has 2 aromatic carbocycles. The van der Waals surface area contributed by atoms with Gasteiger partial charge in [0.2, 0.25) is 0 Å². The largest absolute Gasteiger partial charge is 0.487 e. The van der Waals surface area contributed by atoms with Gasteiger partial charge in [0.05, 0.1) is 12.2 Å². The summed E-state index contributed by atoms with van der Waals surface area (Å²) >= 11 is 0. The Kier molecular flexibility index (Phi) is 11.3. The highest BCUT2D eigenvalue weighted by molar-refractivity contribution is 5.94. The van der Waals surface area contributed by atoms with Crippen LogP contribution in [0.1, 0.15) is 109 Å². The van der Waals surface area contributed by atoms with Crippen LogP contribution in [0.2, 0.25) is 0 Å². The van der Waals surface area contributed by atoms with E-state index in [4.69, 9.17) is 9.84 Å². The third kappa shape index (κ3) is 8.49. The number of carbonyl (C=O) groups excluding carboxylic acids is 1. The van der Waals surface area contributed by atoms with E-state index in [1.165, 1.54) is 44.1 Å². The van der Waals surface area contributed by atoms with Gasteiger partial charge >= 0.3 is 12.0 Å². The second-order valence-electron chi connectivity index (χ2n) is 11.9. The van der Waals surface area contributed by atoms with Crippen molar-refractivity contribution in [2.24, 2.45) is 5.92 Å². The quantitative estimate of drug-likeness (QED) is 0.246. The fourth-order valence-corrected chi connectivity index (χ4v) is 6.26. The summed E-state index contributed by atoms with van der Waals surface area (Å²) in [6.07, 6.45) is 14.3. The molecule has 6 heteroatoms. The second kappa shape index (κ2) is 15.1. The molecule has 1 unspecified atom stereocenters. The molecule has 1 saturated carbocycles. The molecule has 1 fully saturated rings. The molecule has 2 aromatic rings. The summed E-state index contributed by atoms with van der Waals surface area (Å²) in [4.78, 5) is 25.9.